The number of rotatable bonds is 8. The second-order valence-electron chi connectivity index (χ2n) is 7.06. The lowest BCUT2D eigenvalue weighted by molar-refractivity contribution is -0.116. The molecule has 0 saturated carbocycles. The Kier molecular flexibility index (Phi) is 7.88. The third-order valence-electron chi connectivity index (χ3n) is 4.64. The van der Waals surface area contributed by atoms with Gasteiger partial charge in [0.15, 0.2) is 12.0 Å². The number of aliphatic hydroxyl groups is 1. The zero-order valence-corrected chi connectivity index (χ0v) is 19.2. The third kappa shape index (κ3) is 5.84. The molecule has 1 atom stereocenters. The third-order valence-corrected chi connectivity index (χ3v) is 4.94. The van der Waals surface area contributed by atoms with Crippen LogP contribution < -0.4 is 14.4 Å². The lowest BCUT2D eigenvalue weighted by Gasteiger charge is -2.35. The predicted octanol–water partition coefficient (Wildman–Crippen LogP) is 5.23. The summed E-state index contributed by atoms with van der Waals surface area (Å²) < 4.78 is 70.6. The number of carbonyl (C=O) groups excluding carboxylic acids is 1. The number of urea groups is 1. The molecule has 0 spiro atoms. The van der Waals surface area contributed by atoms with Gasteiger partial charge in [-0.3, -0.25) is 9.80 Å². The Morgan fingerprint density at radius 1 is 1.29 bits per heavy atom. The van der Waals surface area contributed by atoms with Gasteiger partial charge in [-0.05, 0) is 31.2 Å². The van der Waals surface area contributed by atoms with Crippen molar-refractivity contribution in [2.75, 3.05) is 25.2 Å². The molecular weight excluding hydrogens is 498 g/mol. The van der Waals surface area contributed by atoms with Gasteiger partial charge >= 0.3 is 12.2 Å². The zero-order valence-electron chi connectivity index (χ0n) is 18.5. The predicted molar refractivity (Wildman–Crippen MR) is 118 cm³/mol. The number of alkyl halides is 3. The van der Waals surface area contributed by atoms with Crippen LogP contribution in [-0.2, 0) is 4.74 Å². The summed E-state index contributed by atoms with van der Waals surface area (Å²) in [5.41, 5.74) is -2.11. The Morgan fingerprint density at radius 3 is 2.66 bits per heavy atom. The fourth-order valence-electron chi connectivity index (χ4n) is 3.06. The number of aliphatic hydroxyl groups excluding tert-OH is 1. The molecule has 1 aromatic heterocycles. The highest BCUT2D eigenvalue weighted by Crippen LogP contribution is 2.41. The molecule has 35 heavy (non-hydrogen) atoms. The van der Waals surface area contributed by atoms with Gasteiger partial charge in [-0.25, -0.2) is 14.2 Å². The summed E-state index contributed by atoms with van der Waals surface area (Å²) in [6.07, 6.45) is -4.03. The van der Waals surface area contributed by atoms with Gasteiger partial charge in [-0.1, -0.05) is 18.2 Å². The summed E-state index contributed by atoms with van der Waals surface area (Å²) in [5.74, 6) is -1.18. The number of amides is 2. The van der Waals surface area contributed by atoms with Crippen molar-refractivity contribution in [2.24, 2.45) is 0 Å². The van der Waals surface area contributed by atoms with Crippen LogP contribution in [-0.4, -0.2) is 53.7 Å². The number of ether oxygens (including phenoxy) is 3. The van der Waals surface area contributed by atoms with E-state index >= 15 is 0 Å². The number of hydrogen-bond donors (Lipinski definition) is 1. The number of nitrogens with zero attached hydrogens (tertiary/aromatic N) is 3. The maximum absolute atomic E-state index is 14.8. The molecule has 1 aromatic carbocycles. The standard InChI is InChI=1S/C22H20ClF4N3O5/c1-4-33-19(31)11-34-20-16(6-5-7-28-20)35-17-10-15(14(24)9-13(17)23)30-12(2)8-18(22(25,26)27)29(3)21(30)32/h5-10,19,31H,2,4,11H2,1,3H3. The van der Waals surface area contributed by atoms with E-state index < -0.39 is 41.4 Å². The first-order valence-corrected chi connectivity index (χ1v) is 10.4. The van der Waals surface area contributed by atoms with E-state index in [1.807, 2.05) is 0 Å². The summed E-state index contributed by atoms with van der Waals surface area (Å²) in [6, 6.07) is 3.64. The van der Waals surface area contributed by atoms with Crippen molar-refractivity contribution in [3.05, 3.63) is 65.4 Å². The van der Waals surface area contributed by atoms with Crippen molar-refractivity contribution in [3.8, 4) is 17.4 Å². The molecule has 1 aliphatic rings. The molecule has 188 valence electrons. The normalized spacial score (nSPS) is 15.3. The molecule has 1 aliphatic heterocycles. The maximum atomic E-state index is 14.8. The highest BCUT2D eigenvalue weighted by molar-refractivity contribution is 6.32. The fraction of sp³-hybridized carbons (Fsp3) is 0.273. The van der Waals surface area contributed by atoms with Crippen LogP contribution in [0, 0.1) is 5.82 Å². The van der Waals surface area contributed by atoms with Crippen molar-refractivity contribution in [1.82, 2.24) is 9.88 Å². The molecule has 0 aliphatic carbocycles. The van der Waals surface area contributed by atoms with Gasteiger partial charge in [-0.2, -0.15) is 13.2 Å². The summed E-state index contributed by atoms with van der Waals surface area (Å²) in [7, 11) is 0.905. The molecule has 2 amide bonds. The number of carbonyl (C=O) groups is 1. The Balaban J connectivity index is 1.94. The molecule has 2 heterocycles. The average molecular weight is 518 g/mol. The largest absolute Gasteiger partial charge is 0.470 e. The van der Waals surface area contributed by atoms with Gasteiger partial charge in [0, 0.05) is 31.6 Å². The summed E-state index contributed by atoms with van der Waals surface area (Å²) >= 11 is 6.11. The molecule has 1 N–H and O–H groups in total. The first kappa shape index (κ1) is 26.3. The Bertz CT molecular complexity index is 1160. The van der Waals surface area contributed by atoms with Crippen LogP contribution in [0.2, 0.25) is 5.02 Å². The number of anilines is 1. The molecule has 1 unspecified atom stereocenters. The van der Waals surface area contributed by atoms with Gasteiger partial charge in [0.25, 0.3) is 5.88 Å². The Labute approximate surface area is 202 Å². The summed E-state index contributed by atoms with van der Waals surface area (Å²) in [5, 5.41) is 9.48. The minimum absolute atomic E-state index is 0.0239. The summed E-state index contributed by atoms with van der Waals surface area (Å²) in [4.78, 5) is 17.7. The lowest BCUT2D eigenvalue weighted by atomic mass is 10.2. The molecule has 3 rings (SSSR count). The first-order chi connectivity index (χ1) is 16.4. The van der Waals surface area contributed by atoms with Crippen LogP contribution in [0.25, 0.3) is 0 Å². The highest BCUT2D eigenvalue weighted by Gasteiger charge is 2.43. The number of aromatic nitrogens is 1. The maximum Gasteiger partial charge on any atom is 0.431 e. The Hall–Kier alpha value is -3.35. The minimum atomic E-state index is -4.82. The van der Waals surface area contributed by atoms with Gasteiger partial charge in [0.05, 0.1) is 10.7 Å². The van der Waals surface area contributed by atoms with Gasteiger partial charge in [-0.15, -0.1) is 0 Å². The van der Waals surface area contributed by atoms with E-state index in [1.54, 1.807) is 6.92 Å². The first-order valence-electron chi connectivity index (χ1n) is 10.0. The molecular formula is C22H20ClF4N3O5. The number of halogens is 5. The molecule has 8 nitrogen and oxygen atoms in total. The minimum Gasteiger partial charge on any atom is -0.470 e. The highest BCUT2D eigenvalue weighted by atomic mass is 35.5. The van der Waals surface area contributed by atoms with E-state index in [0.717, 1.165) is 19.2 Å². The number of benzene rings is 1. The van der Waals surface area contributed by atoms with Crippen molar-refractivity contribution < 1.29 is 41.7 Å². The Morgan fingerprint density at radius 2 is 2.00 bits per heavy atom. The number of hydrogen-bond acceptors (Lipinski definition) is 6. The number of allylic oxidation sites excluding steroid dienone is 2. The van der Waals surface area contributed by atoms with Crippen molar-refractivity contribution in [1.29, 1.82) is 0 Å². The monoisotopic (exact) mass is 517 g/mol. The van der Waals surface area contributed by atoms with Crippen molar-refractivity contribution >= 4 is 23.3 Å². The van der Waals surface area contributed by atoms with E-state index in [1.165, 1.54) is 18.3 Å². The SMILES string of the molecule is C=C1C=C(C(F)(F)F)N(C)C(=O)N1c1cc(Oc2cccnc2OCC(O)OCC)c(Cl)cc1F. The van der Waals surface area contributed by atoms with Crippen LogP contribution >= 0.6 is 11.6 Å². The van der Waals surface area contributed by atoms with Crippen molar-refractivity contribution in [2.45, 2.75) is 19.4 Å². The quantitative estimate of drug-likeness (QED) is 0.381. The van der Waals surface area contributed by atoms with E-state index in [-0.39, 0.29) is 35.6 Å². The molecule has 0 bridgehead atoms. The van der Waals surface area contributed by atoms with Crippen molar-refractivity contribution in [3.63, 3.8) is 0 Å². The van der Waals surface area contributed by atoms with Crippen LogP contribution in [0.1, 0.15) is 6.92 Å². The summed E-state index contributed by atoms with van der Waals surface area (Å²) in [6.45, 7) is 5.13. The molecule has 0 fully saturated rings. The molecule has 2 aromatic rings. The van der Waals surface area contributed by atoms with Crippen LogP contribution in [0.3, 0.4) is 0 Å². The molecule has 13 heteroatoms. The van der Waals surface area contributed by atoms with E-state index in [2.05, 4.69) is 11.6 Å². The smallest absolute Gasteiger partial charge is 0.431 e. The second-order valence-corrected chi connectivity index (χ2v) is 7.47. The number of pyridine rings is 1. The molecule has 0 radical (unpaired) electrons. The van der Waals surface area contributed by atoms with E-state index in [4.69, 9.17) is 25.8 Å². The zero-order chi connectivity index (χ0) is 25.9. The van der Waals surface area contributed by atoms with Gasteiger partial charge < -0.3 is 19.3 Å². The average Bonchev–Trinajstić information content (AvgIpc) is 2.78. The molecule has 0 saturated heterocycles. The second kappa shape index (κ2) is 10.5. The topological polar surface area (TPSA) is 84.4 Å². The lowest BCUT2D eigenvalue weighted by Crippen LogP contribution is -2.46. The van der Waals surface area contributed by atoms with E-state index in [9.17, 15) is 27.5 Å². The van der Waals surface area contributed by atoms with E-state index in [0.29, 0.717) is 15.9 Å². The van der Waals surface area contributed by atoms with Gasteiger partial charge in [0.1, 0.15) is 23.9 Å². The van der Waals surface area contributed by atoms with Crippen LogP contribution in [0.15, 0.2) is 54.5 Å². The van der Waals surface area contributed by atoms with Crippen LogP contribution in [0.5, 0.6) is 17.4 Å². The fourth-order valence-corrected chi connectivity index (χ4v) is 3.25. The van der Waals surface area contributed by atoms with Crippen LogP contribution in [0.4, 0.5) is 28.0 Å². The van der Waals surface area contributed by atoms with Gasteiger partial charge in [0.2, 0.25) is 0 Å².